The molecular weight excluding hydrogens is 529 g/mol. The third-order valence-corrected chi connectivity index (χ3v) is 9.48. The van der Waals surface area contributed by atoms with Crippen LogP contribution in [0.1, 0.15) is 90.5 Å². The Balaban J connectivity index is 1.32. The molecule has 3 N–H and O–H groups in total. The molecule has 0 aromatic heterocycles. The van der Waals surface area contributed by atoms with Crippen molar-refractivity contribution < 1.29 is 19.1 Å². The summed E-state index contributed by atoms with van der Waals surface area (Å²) in [6.07, 6.45) is 7.49. The standard InChI is InChI=1S/C35H40FN3O3/c1-22-7-5-11-30(36)31(22)34(41)39-20-6-10-28(32(39)24-13-15-26(16-14-24)37-25-8-3-4-9-25)33(40)38-27-17-12-23-18-19-35(2,42)29(23)21-27/h5,7,11-17,21,25,28,32,37,42H,3-4,6,8-10,18-20H2,1-2H3,(H,38,40)/t28-,32-,35?/m0/s1. The molecule has 0 bridgehead atoms. The van der Waals surface area contributed by atoms with E-state index in [1.54, 1.807) is 30.9 Å². The molecule has 1 aliphatic heterocycles. The SMILES string of the molecule is Cc1cccc(F)c1C(=O)N1CCC[C@H](C(=O)Nc2ccc3c(c2)C(C)(O)CC3)[C@@H]1c1ccc(NC2CCCC2)cc1. The molecule has 1 heterocycles. The number of likely N-dealkylation sites (tertiary alicyclic amines) is 1. The fourth-order valence-corrected chi connectivity index (χ4v) is 7.16. The minimum atomic E-state index is -0.918. The average molecular weight is 570 g/mol. The number of nitrogens with zero attached hydrogens (tertiary/aromatic N) is 1. The smallest absolute Gasteiger partial charge is 0.257 e. The molecule has 3 aromatic carbocycles. The summed E-state index contributed by atoms with van der Waals surface area (Å²) in [6.45, 7) is 3.98. The molecule has 2 aliphatic carbocycles. The monoisotopic (exact) mass is 569 g/mol. The Bertz CT molecular complexity index is 1460. The zero-order valence-corrected chi connectivity index (χ0v) is 24.5. The first-order valence-corrected chi connectivity index (χ1v) is 15.3. The van der Waals surface area contributed by atoms with Crippen molar-refractivity contribution in [3.05, 3.63) is 94.3 Å². The number of aliphatic hydroxyl groups is 1. The van der Waals surface area contributed by atoms with Crippen LogP contribution in [0.5, 0.6) is 0 Å². The summed E-state index contributed by atoms with van der Waals surface area (Å²) in [4.78, 5) is 29.6. The second-order valence-corrected chi connectivity index (χ2v) is 12.5. The van der Waals surface area contributed by atoms with Crippen LogP contribution in [-0.4, -0.2) is 34.4 Å². The summed E-state index contributed by atoms with van der Waals surface area (Å²) in [7, 11) is 0. The zero-order chi connectivity index (χ0) is 29.4. The molecule has 6 rings (SSSR count). The summed E-state index contributed by atoms with van der Waals surface area (Å²) in [5, 5.41) is 17.5. The van der Waals surface area contributed by atoms with Gasteiger partial charge in [-0.25, -0.2) is 4.39 Å². The van der Waals surface area contributed by atoms with E-state index in [9.17, 15) is 19.1 Å². The summed E-state index contributed by atoms with van der Waals surface area (Å²) < 4.78 is 15.0. The van der Waals surface area contributed by atoms with Gasteiger partial charge in [0, 0.05) is 24.0 Å². The van der Waals surface area contributed by atoms with Gasteiger partial charge in [0.2, 0.25) is 5.91 Å². The second kappa shape index (κ2) is 11.5. The van der Waals surface area contributed by atoms with Crippen molar-refractivity contribution in [3.8, 4) is 0 Å². The van der Waals surface area contributed by atoms with Crippen LogP contribution in [0.2, 0.25) is 0 Å². The number of halogens is 1. The van der Waals surface area contributed by atoms with Gasteiger partial charge in [-0.1, -0.05) is 43.2 Å². The number of carbonyl (C=O) groups is 2. The highest BCUT2D eigenvalue weighted by Gasteiger charge is 2.41. The Morgan fingerprint density at radius 2 is 1.71 bits per heavy atom. The molecule has 1 saturated carbocycles. The van der Waals surface area contributed by atoms with Crippen LogP contribution in [0.15, 0.2) is 60.7 Å². The number of anilines is 2. The van der Waals surface area contributed by atoms with Crippen LogP contribution in [0.4, 0.5) is 15.8 Å². The fraction of sp³-hybridized carbons (Fsp3) is 0.429. The maximum atomic E-state index is 15.0. The number of nitrogens with one attached hydrogen (secondary N) is 2. The Morgan fingerprint density at radius 3 is 2.45 bits per heavy atom. The normalized spacial score (nSPS) is 24.0. The van der Waals surface area contributed by atoms with Crippen molar-refractivity contribution >= 4 is 23.2 Å². The molecule has 3 aliphatic rings. The molecule has 6 nitrogen and oxygen atoms in total. The van der Waals surface area contributed by atoms with E-state index < -0.39 is 29.3 Å². The topological polar surface area (TPSA) is 81.7 Å². The highest BCUT2D eigenvalue weighted by molar-refractivity contribution is 5.98. The molecule has 7 heteroatoms. The van der Waals surface area contributed by atoms with Gasteiger partial charge in [0.25, 0.3) is 5.91 Å². The minimum Gasteiger partial charge on any atom is -0.385 e. The van der Waals surface area contributed by atoms with E-state index in [-0.39, 0.29) is 11.5 Å². The number of fused-ring (bicyclic) bond motifs is 1. The van der Waals surface area contributed by atoms with E-state index in [0.717, 1.165) is 41.6 Å². The molecular formula is C35H40FN3O3. The number of hydrogen-bond acceptors (Lipinski definition) is 4. The molecule has 0 spiro atoms. The zero-order valence-electron chi connectivity index (χ0n) is 24.5. The maximum Gasteiger partial charge on any atom is 0.257 e. The van der Waals surface area contributed by atoms with E-state index in [4.69, 9.17) is 0 Å². The first-order valence-electron chi connectivity index (χ1n) is 15.3. The minimum absolute atomic E-state index is 0.0592. The van der Waals surface area contributed by atoms with Crippen LogP contribution >= 0.6 is 0 Å². The van der Waals surface area contributed by atoms with Crippen LogP contribution in [-0.2, 0) is 16.8 Å². The summed E-state index contributed by atoms with van der Waals surface area (Å²) in [5.74, 6) is -1.66. The number of hydrogen-bond donors (Lipinski definition) is 3. The van der Waals surface area contributed by atoms with Crippen molar-refractivity contribution in [2.75, 3.05) is 17.2 Å². The molecule has 1 saturated heterocycles. The van der Waals surface area contributed by atoms with Crippen molar-refractivity contribution in [2.24, 2.45) is 5.92 Å². The van der Waals surface area contributed by atoms with Gasteiger partial charge in [-0.05, 0) is 105 Å². The van der Waals surface area contributed by atoms with Crippen molar-refractivity contribution in [1.29, 1.82) is 0 Å². The summed E-state index contributed by atoms with van der Waals surface area (Å²) in [6, 6.07) is 18.3. The van der Waals surface area contributed by atoms with Gasteiger partial charge < -0.3 is 20.6 Å². The molecule has 220 valence electrons. The predicted molar refractivity (Wildman–Crippen MR) is 163 cm³/mol. The highest BCUT2D eigenvalue weighted by atomic mass is 19.1. The fourth-order valence-electron chi connectivity index (χ4n) is 7.16. The lowest BCUT2D eigenvalue weighted by Crippen LogP contribution is -2.46. The Kier molecular flexibility index (Phi) is 7.79. The number of amides is 2. The first kappa shape index (κ1) is 28.4. The number of piperidine rings is 1. The van der Waals surface area contributed by atoms with E-state index in [2.05, 4.69) is 10.6 Å². The number of carbonyl (C=O) groups excluding carboxylic acids is 2. The molecule has 1 unspecified atom stereocenters. The lowest BCUT2D eigenvalue weighted by molar-refractivity contribution is -0.123. The van der Waals surface area contributed by atoms with E-state index in [0.29, 0.717) is 43.1 Å². The van der Waals surface area contributed by atoms with Gasteiger partial charge in [-0.3, -0.25) is 9.59 Å². The number of aryl methyl sites for hydroxylation is 2. The lowest BCUT2D eigenvalue weighted by Gasteiger charge is -2.41. The van der Waals surface area contributed by atoms with Gasteiger partial charge in [0.1, 0.15) is 5.82 Å². The van der Waals surface area contributed by atoms with E-state index >= 15 is 0 Å². The Hall–Kier alpha value is -3.71. The predicted octanol–water partition coefficient (Wildman–Crippen LogP) is 6.87. The van der Waals surface area contributed by atoms with Crippen LogP contribution in [0.25, 0.3) is 0 Å². The molecule has 42 heavy (non-hydrogen) atoms. The van der Waals surface area contributed by atoms with Gasteiger partial charge in [0.15, 0.2) is 0 Å². The van der Waals surface area contributed by atoms with Crippen LogP contribution in [0, 0.1) is 18.7 Å². The highest BCUT2D eigenvalue weighted by Crippen LogP contribution is 2.41. The largest absolute Gasteiger partial charge is 0.385 e. The van der Waals surface area contributed by atoms with E-state index in [1.807, 2.05) is 42.5 Å². The molecule has 3 atom stereocenters. The van der Waals surface area contributed by atoms with Crippen molar-refractivity contribution in [2.45, 2.75) is 82.9 Å². The third kappa shape index (κ3) is 5.54. The lowest BCUT2D eigenvalue weighted by atomic mass is 9.83. The van der Waals surface area contributed by atoms with Gasteiger partial charge in [-0.15, -0.1) is 0 Å². The number of rotatable bonds is 6. The van der Waals surface area contributed by atoms with Crippen LogP contribution < -0.4 is 10.6 Å². The first-order chi connectivity index (χ1) is 20.2. The van der Waals surface area contributed by atoms with Crippen molar-refractivity contribution in [1.82, 2.24) is 4.90 Å². The van der Waals surface area contributed by atoms with Gasteiger partial charge in [0.05, 0.1) is 23.1 Å². The Labute approximate surface area is 247 Å². The van der Waals surface area contributed by atoms with Gasteiger partial charge >= 0.3 is 0 Å². The quantitative estimate of drug-likeness (QED) is 0.303. The maximum absolute atomic E-state index is 15.0. The van der Waals surface area contributed by atoms with Crippen LogP contribution in [0.3, 0.4) is 0 Å². The Morgan fingerprint density at radius 1 is 0.976 bits per heavy atom. The van der Waals surface area contributed by atoms with E-state index in [1.165, 1.54) is 18.9 Å². The van der Waals surface area contributed by atoms with Crippen molar-refractivity contribution in [3.63, 3.8) is 0 Å². The molecule has 2 fully saturated rings. The molecule has 3 aromatic rings. The average Bonchev–Trinajstić information content (AvgIpc) is 3.60. The summed E-state index contributed by atoms with van der Waals surface area (Å²) in [5.41, 5.74) is 4.16. The summed E-state index contributed by atoms with van der Waals surface area (Å²) >= 11 is 0. The molecule has 0 radical (unpaired) electrons. The molecule has 2 amide bonds. The second-order valence-electron chi connectivity index (χ2n) is 12.5. The number of benzene rings is 3. The van der Waals surface area contributed by atoms with Gasteiger partial charge in [-0.2, -0.15) is 0 Å². The third-order valence-electron chi connectivity index (χ3n) is 9.48.